The first-order valence-corrected chi connectivity index (χ1v) is 8.33. The molecular weight excluding hydrogens is 286 g/mol. The highest BCUT2D eigenvalue weighted by Gasteiger charge is 2.69. The summed E-state index contributed by atoms with van der Waals surface area (Å²) in [6.45, 7) is 0.625. The molecule has 1 saturated carbocycles. The Hall–Kier alpha value is -0.620. The van der Waals surface area contributed by atoms with Crippen LogP contribution in [-0.2, 0) is 14.6 Å². The van der Waals surface area contributed by atoms with E-state index in [1.165, 1.54) is 6.26 Å². The van der Waals surface area contributed by atoms with Crippen LogP contribution in [0.2, 0.25) is 5.02 Å². The number of sulfone groups is 1. The summed E-state index contributed by atoms with van der Waals surface area (Å²) >= 11 is 5.86. The van der Waals surface area contributed by atoms with E-state index in [1.54, 1.807) is 19.2 Å². The van der Waals surface area contributed by atoms with Gasteiger partial charge in [-0.2, -0.15) is 0 Å². The molecule has 0 aliphatic heterocycles. The number of methoxy groups -OCH3 is 1. The van der Waals surface area contributed by atoms with E-state index in [0.29, 0.717) is 11.6 Å². The van der Waals surface area contributed by atoms with Crippen LogP contribution >= 0.6 is 11.6 Å². The van der Waals surface area contributed by atoms with Crippen LogP contribution in [0.3, 0.4) is 0 Å². The molecule has 2 rings (SSSR count). The van der Waals surface area contributed by atoms with Crippen LogP contribution in [0.4, 0.5) is 0 Å². The van der Waals surface area contributed by atoms with Gasteiger partial charge in [-0.15, -0.1) is 0 Å². The Kier molecular flexibility index (Phi) is 3.93. The fourth-order valence-corrected chi connectivity index (χ4v) is 5.18. The molecule has 2 N–H and O–H groups in total. The van der Waals surface area contributed by atoms with Gasteiger partial charge in [-0.3, -0.25) is 0 Å². The summed E-state index contributed by atoms with van der Waals surface area (Å²) < 4.78 is 29.1. The van der Waals surface area contributed by atoms with Crippen LogP contribution in [-0.4, -0.2) is 40.2 Å². The summed E-state index contributed by atoms with van der Waals surface area (Å²) in [6, 6.07) is 7.25. The third-order valence-electron chi connectivity index (χ3n) is 3.86. The van der Waals surface area contributed by atoms with Gasteiger partial charge >= 0.3 is 0 Å². The number of halogens is 1. The second-order valence-electron chi connectivity index (χ2n) is 5.15. The van der Waals surface area contributed by atoms with Gasteiger partial charge in [0.25, 0.3) is 0 Å². The van der Waals surface area contributed by atoms with Gasteiger partial charge in [-0.05, 0) is 17.7 Å². The lowest BCUT2D eigenvalue weighted by Gasteiger charge is -2.14. The fourth-order valence-electron chi connectivity index (χ4n) is 3.05. The molecule has 0 spiro atoms. The maximum atomic E-state index is 12.0. The van der Waals surface area contributed by atoms with Gasteiger partial charge in [0.05, 0.1) is 11.9 Å². The Balaban J connectivity index is 2.40. The third kappa shape index (κ3) is 2.52. The fraction of sp³-hybridized carbons (Fsp3) is 0.538. The first-order valence-electron chi connectivity index (χ1n) is 6.00. The van der Waals surface area contributed by atoms with Gasteiger partial charge < -0.3 is 10.5 Å². The Morgan fingerprint density at radius 3 is 2.37 bits per heavy atom. The second-order valence-corrected chi connectivity index (χ2v) is 7.75. The molecule has 1 aromatic rings. The van der Waals surface area contributed by atoms with Crippen molar-refractivity contribution >= 4 is 21.4 Å². The zero-order valence-corrected chi connectivity index (χ0v) is 12.5. The largest absolute Gasteiger partial charge is 0.384 e. The van der Waals surface area contributed by atoms with Crippen molar-refractivity contribution in [2.75, 3.05) is 26.5 Å². The van der Waals surface area contributed by atoms with Crippen molar-refractivity contribution < 1.29 is 13.2 Å². The number of nitrogens with two attached hydrogens (primary N) is 1. The zero-order valence-electron chi connectivity index (χ0n) is 11.0. The van der Waals surface area contributed by atoms with Crippen molar-refractivity contribution in [3.05, 3.63) is 34.9 Å². The van der Waals surface area contributed by atoms with Crippen molar-refractivity contribution in [2.45, 2.75) is 11.2 Å². The van der Waals surface area contributed by atoms with Crippen LogP contribution < -0.4 is 5.73 Å². The lowest BCUT2D eigenvalue weighted by Crippen LogP contribution is -2.28. The minimum atomic E-state index is -3.17. The van der Waals surface area contributed by atoms with Crippen molar-refractivity contribution in [3.8, 4) is 0 Å². The van der Waals surface area contributed by atoms with E-state index >= 15 is 0 Å². The number of ether oxygens (including phenoxy) is 1. The molecule has 106 valence electrons. The molecule has 19 heavy (non-hydrogen) atoms. The van der Waals surface area contributed by atoms with Crippen LogP contribution in [0.1, 0.15) is 11.5 Å². The van der Waals surface area contributed by atoms with E-state index in [1.807, 2.05) is 12.1 Å². The standard InChI is InChI=1S/C13H18ClNO3S/c1-18-8-13(7-15)11(12(13)19(2,16)17)9-3-5-10(14)6-4-9/h3-6,11-12H,7-8,15H2,1-2H3. The Morgan fingerprint density at radius 2 is 1.95 bits per heavy atom. The SMILES string of the molecule is COCC1(CN)C(c2ccc(Cl)cc2)C1S(C)(=O)=O. The molecular formula is C13H18ClNO3S. The topological polar surface area (TPSA) is 69.4 Å². The van der Waals surface area contributed by atoms with Gasteiger partial charge in [0, 0.05) is 36.3 Å². The molecule has 1 aliphatic carbocycles. The van der Waals surface area contributed by atoms with Gasteiger partial charge in [0.1, 0.15) is 0 Å². The van der Waals surface area contributed by atoms with Crippen LogP contribution in [0, 0.1) is 5.41 Å². The molecule has 0 saturated heterocycles. The molecule has 3 unspecified atom stereocenters. The summed E-state index contributed by atoms with van der Waals surface area (Å²) in [5.41, 5.74) is 6.26. The molecule has 3 atom stereocenters. The summed E-state index contributed by atoms with van der Waals surface area (Å²) in [4.78, 5) is 0. The van der Waals surface area contributed by atoms with Crippen LogP contribution in [0.25, 0.3) is 0 Å². The summed E-state index contributed by atoms with van der Waals surface area (Å²) in [5, 5.41) is 0.150. The number of hydrogen-bond donors (Lipinski definition) is 1. The monoisotopic (exact) mass is 303 g/mol. The van der Waals surface area contributed by atoms with E-state index in [0.717, 1.165) is 5.56 Å². The number of hydrogen-bond acceptors (Lipinski definition) is 4. The lowest BCUT2D eigenvalue weighted by molar-refractivity contribution is 0.142. The van der Waals surface area contributed by atoms with Crippen LogP contribution in [0.5, 0.6) is 0 Å². The molecule has 1 aromatic carbocycles. The average Bonchev–Trinajstić information content (AvgIpc) is 3.00. The normalized spacial score (nSPS) is 30.3. The highest BCUT2D eigenvalue weighted by atomic mass is 35.5. The molecule has 0 radical (unpaired) electrons. The van der Waals surface area contributed by atoms with Crippen molar-refractivity contribution in [1.82, 2.24) is 0 Å². The van der Waals surface area contributed by atoms with Crippen molar-refractivity contribution in [2.24, 2.45) is 11.1 Å². The van der Waals surface area contributed by atoms with E-state index in [9.17, 15) is 8.42 Å². The highest BCUT2D eigenvalue weighted by Crippen LogP contribution is 2.62. The summed E-state index contributed by atoms with van der Waals surface area (Å²) in [5.74, 6) is -0.121. The van der Waals surface area contributed by atoms with Gasteiger partial charge in [0.15, 0.2) is 9.84 Å². The predicted octanol–water partition coefficient (Wildman–Crippen LogP) is 1.44. The Morgan fingerprint density at radius 1 is 1.37 bits per heavy atom. The molecule has 1 fully saturated rings. The second kappa shape index (κ2) is 5.05. The molecule has 0 bridgehead atoms. The molecule has 0 heterocycles. The smallest absolute Gasteiger partial charge is 0.151 e. The quantitative estimate of drug-likeness (QED) is 0.893. The molecule has 4 nitrogen and oxygen atoms in total. The molecule has 0 aromatic heterocycles. The Bertz CT molecular complexity index is 558. The van der Waals surface area contributed by atoms with Gasteiger partial charge in [-0.1, -0.05) is 23.7 Å². The van der Waals surface area contributed by atoms with E-state index in [4.69, 9.17) is 22.1 Å². The average molecular weight is 304 g/mol. The van der Waals surface area contributed by atoms with E-state index < -0.39 is 20.5 Å². The lowest BCUT2D eigenvalue weighted by atomic mass is 10.0. The molecule has 6 heteroatoms. The van der Waals surface area contributed by atoms with Gasteiger partial charge in [0.2, 0.25) is 0 Å². The molecule has 0 amide bonds. The number of benzene rings is 1. The van der Waals surface area contributed by atoms with Crippen LogP contribution in [0.15, 0.2) is 24.3 Å². The highest BCUT2D eigenvalue weighted by molar-refractivity contribution is 7.91. The zero-order chi connectivity index (χ0) is 14.3. The van der Waals surface area contributed by atoms with Crippen molar-refractivity contribution in [1.29, 1.82) is 0 Å². The first kappa shape index (κ1) is 14.8. The minimum Gasteiger partial charge on any atom is -0.384 e. The maximum absolute atomic E-state index is 12.0. The third-order valence-corrected chi connectivity index (χ3v) is 5.78. The maximum Gasteiger partial charge on any atom is 0.151 e. The van der Waals surface area contributed by atoms with E-state index in [-0.39, 0.29) is 12.5 Å². The minimum absolute atomic E-state index is 0.121. The van der Waals surface area contributed by atoms with Crippen molar-refractivity contribution in [3.63, 3.8) is 0 Å². The Labute approximate surface area is 118 Å². The molecule has 1 aliphatic rings. The summed E-state index contributed by atoms with van der Waals surface area (Å²) in [6.07, 6.45) is 1.26. The first-order chi connectivity index (χ1) is 8.86. The van der Waals surface area contributed by atoms with E-state index in [2.05, 4.69) is 0 Å². The summed E-state index contributed by atoms with van der Waals surface area (Å²) in [7, 11) is -1.61. The number of rotatable bonds is 5. The van der Waals surface area contributed by atoms with Gasteiger partial charge in [-0.25, -0.2) is 8.42 Å². The predicted molar refractivity (Wildman–Crippen MR) is 76.2 cm³/mol.